The molecule has 3 rings (SSSR count). The minimum Gasteiger partial charge on any atom is -0.493 e. The number of ether oxygens (including phenoxy) is 3. The number of amides is 1. The van der Waals surface area contributed by atoms with Gasteiger partial charge in [-0.25, -0.2) is 0 Å². The number of hydrogen-bond donors (Lipinski definition) is 0. The molecule has 1 amide bonds. The standard InChI is InChI=1S/C24H28N2O6/c1-4-32-24(29)18-8-7-12-25(16-18)23(28)19(26-13-6-5-9-22(26)27)14-17-10-11-20(30-2)21(15-17)31-3/h5-6,9-11,13-15,18H,4,7-8,12,16H2,1-3H3/b19-14+. The second kappa shape index (κ2) is 10.7. The molecule has 0 spiro atoms. The summed E-state index contributed by atoms with van der Waals surface area (Å²) in [6, 6.07) is 9.95. The molecule has 1 fully saturated rings. The predicted molar refractivity (Wildman–Crippen MR) is 120 cm³/mol. The molecule has 0 N–H and O–H groups in total. The second-order valence-electron chi connectivity index (χ2n) is 7.40. The number of nitrogens with zero attached hydrogens (tertiary/aromatic N) is 2. The maximum atomic E-state index is 13.5. The van der Waals surface area contributed by atoms with Crippen molar-refractivity contribution in [1.82, 2.24) is 9.47 Å². The summed E-state index contributed by atoms with van der Waals surface area (Å²) < 4.78 is 17.1. The number of methoxy groups -OCH3 is 2. The lowest BCUT2D eigenvalue weighted by molar-refractivity contribution is -0.150. The van der Waals surface area contributed by atoms with Crippen molar-refractivity contribution in [3.8, 4) is 11.5 Å². The smallest absolute Gasteiger partial charge is 0.310 e. The molecule has 32 heavy (non-hydrogen) atoms. The van der Waals surface area contributed by atoms with Crippen molar-refractivity contribution in [3.63, 3.8) is 0 Å². The molecule has 0 bridgehead atoms. The molecule has 1 aromatic heterocycles. The average Bonchev–Trinajstić information content (AvgIpc) is 2.82. The molecular weight excluding hydrogens is 412 g/mol. The fourth-order valence-electron chi connectivity index (χ4n) is 3.74. The van der Waals surface area contributed by atoms with Crippen LogP contribution in [0.5, 0.6) is 11.5 Å². The van der Waals surface area contributed by atoms with Crippen molar-refractivity contribution in [2.24, 2.45) is 5.92 Å². The number of likely N-dealkylation sites (tertiary alicyclic amines) is 1. The van der Waals surface area contributed by atoms with Gasteiger partial charge in [-0.3, -0.25) is 19.0 Å². The summed E-state index contributed by atoms with van der Waals surface area (Å²) in [5, 5.41) is 0. The van der Waals surface area contributed by atoms with E-state index in [0.717, 1.165) is 0 Å². The Labute approximate surface area is 187 Å². The highest BCUT2D eigenvalue weighted by Gasteiger charge is 2.31. The molecule has 1 saturated heterocycles. The first-order valence-corrected chi connectivity index (χ1v) is 10.6. The minimum atomic E-state index is -0.373. The first kappa shape index (κ1) is 23.1. The van der Waals surface area contributed by atoms with E-state index in [1.807, 2.05) is 0 Å². The maximum absolute atomic E-state index is 13.5. The Balaban J connectivity index is 2.00. The van der Waals surface area contributed by atoms with Gasteiger partial charge in [-0.2, -0.15) is 0 Å². The van der Waals surface area contributed by atoms with Crippen LogP contribution in [0.2, 0.25) is 0 Å². The van der Waals surface area contributed by atoms with Gasteiger partial charge in [-0.1, -0.05) is 12.1 Å². The second-order valence-corrected chi connectivity index (χ2v) is 7.40. The van der Waals surface area contributed by atoms with Gasteiger partial charge in [0.05, 0.1) is 26.7 Å². The van der Waals surface area contributed by atoms with Crippen molar-refractivity contribution in [1.29, 1.82) is 0 Å². The summed E-state index contributed by atoms with van der Waals surface area (Å²) in [4.78, 5) is 39.9. The number of esters is 1. The molecule has 8 nitrogen and oxygen atoms in total. The van der Waals surface area contributed by atoms with E-state index in [2.05, 4.69) is 0 Å². The van der Waals surface area contributed by atoms with E-state index in [1.54, 1.807) is 61.5 Å². The fourth-order valence-corrected chi connectivity index (χ4v) is 3.74. The van der Waals surface area contributed by atoms with Crippen molar-refractivity contribution in [2.75, 3.05) is 33.9 Å². The van der Waals surface area contributed by atoms with E-state index < -0.39 is 0 Å². The molecule has 0 aliphatic carbocycles. The van der Waals surface area contributed by atoms with Crippen molar-refractivity contribution in [2.45, 2.75) is 19.8 Å². The van der Waals surface area contributed by atoms with Crippen molar-refractivity contribution in [3.05, 3.63) is 58.5 Å². The molecule has 170 valence electrons. The van der Waals surface area contributed by atoms with Crippen LogP contribution in [0.15, 0.2) is 47.4 Å². The highest BCUT2D eigenvalue weighted by molar-refractivity contribution is 6.18. The van der Waals surface area contributed by atoms with Gasteiger partial charge in [-0.05, 0) is 49.6 Å². The van der Waals surface area contributed by atoms with E-state index in [4.69, 9.17) is 14.2 Å². The number of carbonyl (C=O) groups is 2. The van der Waals surface area contributed by atoms with Gasteiger partial charge in [0.2, 0.25) is 0 Å². The van der Waals surface area contributed by atoms with Crippen LogP contribution in [0, 0.1) is 5.92 Å². The highest BCUT2D eigenvalue weighted by atomic mass is 16.5. The van der Waals surface area contributed by atoms with Crippen LogP contribution in [0.3, 0.4) is 0 Å². The molecule has 1 unspecified atom stereocenters. The molecule has 1 atom stereocenters. The molecule has 2 heterocycles. The van der Waals surface area contributed by atoms with Gasteiger partial charge in [0.25, 0.3) is 11.5 Å². The topological polar surface area (TPSA) is 87.1 Å². The summed E-state index contributed by atoms with van der Waals surface area (Å²) in [7, 11) is 3.07. The Morgan fingerprint density at radius 1 is 1.12 bits per heavy atom. The molecule has 1 aliphatic rings. The predicted octanol–water partition coefficient (Wildman–Crippen LogP) is 2.67. The van der Waals surface area contributed by atoms with Crippen LogP contribution in [-0.4, -0.2) is 55.3 Å². The Kier molecular flexibility index (Phi) is 7.70. The van der Waals surface area contributed by atoms with Gasteiger partial charge in [-0.15, -0.1) is 0 Å². The third-order valence-corrected chi connectivity index (χ3v) is 5.34. The van der Waals surface area contributed by atoms with Crippen molar-refractivity contribution >= 4 is 23.6 Å². The Hall–Kier alpha value is -3.55. The molecule has 2 aromatic rings. The zero-order valence-corrected chi connectivity index (χ0v) is 18.6. The number of aromatic nitrogens is 1. The normalized spacial score (nSPS) is 16.4. The van der Waals surface area contributed by atoms with Gasteiger partial charge in [0.1, 0.15) is 5.70 Å². The lowest BCUT2D eigenvalue weighted by atomic mass is 9.97. The molecule has 0 radical (unpaired) electrons. The molecule has 1 aromatic carbocycles. The first-order valence-electron chi connectivity index (χ1n) is 10.6. The van der Waals surface area contributed by atoms with E-state index in [-0.39, 0.29) is 35.6 Å². The van der Waals surface area contributed by atoms with Gasteiger partial charge >= 0.3 is 5.97 Å². The number of pyridine rings is 1. The summed E-state index contributed by atoms with van der Waals surface area (Å²) in [6.45, 7) is 2.81. The zero-order valence-electron chi connectivity index (χ0n) is 18.6. The maximum Gasteiger partial charge on any atom is 0.310 e. The lowest BCUT2D eigenvalue weighted by Crippen LogP contribution is -2.44. The van der Waals surface area contributed by atoms with Gasteiger partial charge in [0.15, 0.2) is 11.5 Å². The van der Waals surface area contributed by atoms with Crippen LogP contribution in [-0.2, 0) is 14.3 Å². The Morgan fingerprint density at radius 3 is 2.59 bits per heavy atom. The molecule has 8 heteroatoms. The lowest BCUT2D eigenvalue weighted by Gasteiger charge is -2.32. The van der Waals surface area contributed by atoms with E-state index >= 15 is 0 Å². The van der Waals surface area contributed by atoms with Gasteiger partial charge in [0, 0.05) is 25.4 Å². The largest absolute Gasteiger partial charge is 0.493 e. The third kappa shape index (κ3) is 5.19. The van der Waals surface area contributed by atoms with Crippen LogP contribution in [0.25, 0.3) is 11.8 Å². The minimum absolute atomic E-state index is 0.187. The Bertz CT molecular complexity index is 1060. The number of piperidine rings is 1. The van der Waals surface area contributed by atoms with E-state index in [0.29, 0.717) is 43.1 Å². The number of benzene rings is 1. The fraction of sp³-hybridized carbons (Fsp3) is 0.375. The summed E-state index contributed by atoms with van der Waals surface area (Å²) in [6.07, 6.45) is 4.55. The van der Waals surface area contributed by atoms with Crippen molar-refractivity contribution < 1.29 is 23.8 Å². The summed E-state index contributed by atoms with van der Waals surface area (Å²) in [5.74, 6) is 0.0633. The summed E-state index contributed by atoms with van der Waals surface area (Å²) >= 11 is 0. The molecular formula is C24H28N2O6. The van der Waals surface area contributed by atoms with E-state index in [9.17, 15) is 14.4 Å². The van der Waals surface area contributed by atoms with Gasteiger partial charge < -0.3 is 19.1 Å². The molecule has 1 aliphatic heterocycles. The summed E-state index contributed by atoms with van der Waals surface area (Å²) in [5.41, 5.74) is 0.527. The number of hydrogen-bond acceptors (Lipinski definition) is 6. The Morgan fingerprint density at radius 2 is 1.91 bits per heavy atom. The zero-order chi connectivity index (χ0) is 23.1. The number of rotatable bonds is 7. The quantitative estimate of drug-likeness (QED) is 0.486. The van der Waals surface area contributed by atoms with Crippen LogP contribution < -0.4 is 15.0 Å². The monoisotopic (exact) mass is 440 g/mol. The average molecular weight is 440 g/mol. The highest BCUT2D eigenvalue weighted by Crippen LogP contribution is 2.29. The number of carbonyl (C=O) groups excluding carboxylic acids is 2. The SMILES string of the molecule is CCOC(=O)C1CCCN(C(=O)/C(=C\c2ccc(OC)c(OC)c2)n2ccccc2=O)C1. The van der Waals surface area contributed by atoms with Crippen LogP contribution >= 0.6 is 0 Å². The van der Waals surface area contributed by atoms with Crippen LogP contribution in [0.1, 0.15) is 25.3 Å². The van der Waals surface area contributed by atoms with E-state index in [1.165, 1.54) is 17.7 Å². The third-order valence-electron chi connectivity index (χ3n) is 5.34. The molecule has 0 saturated carbocycles. The first-order chi connectivity index (χ1) is 15.5. The van der Waals surface area contributed by atoms with Crippen LogP contribution in [0.4, 0.5) is 0 Å².